The average molecular weight is 304 g/mol. The highest BCUT2D eigenvalue weighted by Gasteiger charge is 2.43. The molecule has 4 bridgehead atoms. The Kier molecular flexibility index (Phi) is 3.16. The molecule has 7 nitrogen and oxygen atoms in total. The summed E-state index contributed by atoms with van der Waals surface area (Å²) in [6, 6.07) is 0.367. The summed E-state index contributed by atoms with van der Waals surface area (Å²) < 4.78 is 1.33. The smallest absolute Gasteiger partial charge is 0.358 e. The largest absolute Gasteiger partial charge is 0.476 e. The van der Waals surface area contributed by atoms with Crippen molar-refractivity contribution in [1.82, 2.24) is 19.9 Å². The van der Waals surface area contributed by atoms with E-state index in [1.807, 2.05) is 4.90 Å². The lowest BCUT2D eigenvalue weighted by Crippen LogP contribution is -2.43. The number of carboxylic acid groups (broad SMARTS) is 1. The zero-order valence-electron chi connectivity index (χ0n) is 12.4. The second-order valence-electron chi connectivity index (χ2n) is 7.08. The second-order valence-corrected chi connectivity index (χ2v) is 7.08. The number of amides is 1. The highest BCUT2D eigenvalue weighted by molar-refractivity contribution is 5.84. The number of carbonyl (C=O) groups is 2. The molecule has 2 aliphatic heterocycles. The van der Waals surface area contributed by atoms with Gasteiger partial charge in [0.15, 0.2) is 5.69 Å². The number of hydrogen-bond donors (Lipinski definition) is 1. The Morgan fingerprint density at radius 1 is 1.14 bits per heavy atom. The predicted molar refractivity (Wildman–Crippen MR) is 76.0 cm³/mol. The number of rotatable bonds is 3. The molecule has 0 aromatic carbocycles. The monoisotopic (exact) mass is 304 g/mol. The Hall–Kier alpha value is -1.92. The quantitative estimate of drug-likeness (QED) is 0.900. The summed E-state index contributed by atoms with van der Waals surface area (Å²) in [6.07, 6.45) is 7.47. The van der Waals surface area contributed by atoms with E-state index >= 15 is 0 Å². The summed E-state index contributed by atoms with van der Waals surface area (Å²) in [6.45, 7) is 0.940. The van der Waals surface area contributed by atoms with E-state index in [2.05, 4.69) is 10.3 Å². The third-order valence-corrected chi connectivity index (χ3v) is 5.48. The van der Waals surface area contributed by atoms with Crippen molar-refractivity contribution in [2.45, 2.75) is 44.7 Å². The molecule has 1 N–H and O–H groups in total. The van der Waals surface area contributed by atoms with Crippen LogP contribution in [0.1, 0.15) is 42.6 Å². The molecule has 2 atom stereocenters. The zero-order valence-corrected chi connectivity index (χ0v) is 12.4. The predicted octanol–water partition coefficient (Wildman–Crippen LogP) is 1.01. The standard InChI is InChI=1S/C15H20N4O3/c20-14(8-18-7-13(15(21)22)16-17-18)19-6-11-2-9-1-10(3-11)5-12(19)4-9/h7,9-12H,1-6,8H2,(H,21,22). The van der Waals surface area contributed by atoms with Gasteiger partial charge >= 0.3 is 5.97 Å². The Balaban J connectivity index is 1.49. The van der Waals surface area contributed by atoms with E-state index in [0.29, 0.717) is 12.0 Å². The van der Waals surface area contributed by atoms with Crippen LogP contribution >= 0.6 is 0 Å². The fraction of sp³-hybridized carbons (Fsp3) is 0.733. The van der Waals surface area contributed by atoms with Gasteiger partial charge in [0, 0.05) is 12.6 Å². The van der Waals surface area contributed by atoms with Gasteiger partial charge in [0.25, 0.3) is 0 Å². The maximum absolute atomic E-state index is 12.7. The zero-order chi connectivity index (χ0) is 15.3. The van der Waals surface area contributed by atoms with Gasteiger partial charge in [0.05, 0.1) is 6.20 Å². The van der Waals surface area contributed by atoms with Crippen LogP contribution in [-0.4, -0.2) is 49.5 Å². The first-order valence-corrected chi connectivity index (χ1v) is 8.01. The number of hydrogen-bond acceptors (Lipinski definition) is 4. The normalized spacial score (nSPS) is 33.0. The van der Waals surface area contributed by atoms with E-state index in [1.165, 1.54) is 30.1 Å². The van der Waals surface area contributed by atoms with Crippen molar-refractivity contribution in [2.75, 3.05) is 6.54 Å². The highest BCUT2D eigenvalue weighted by atomic mass is 16.4. The molecule has 2 saturated carbocycles. The molecule has 7 heteroatoms. The minimum absolute atomic E-state index is 0.0417. The first-order chi connectivity index (χ1) is 10.6. The molecule has 2 unspecified atom stereocenters. The second kappa shape index (κ2) is 5.07. The molecule has 5 rings (SSSR count). The first-order valence-electron chi connectivity index (χ1n) is 8.01. The molecule has 2 aliphatic carbocycles. The van der Waals surface area contributed by atoms with Gasteiger partial charge in [-0.25, -0.2) is 9.48 Å². The minimum Gasteiger partial charge on any atom is -0.476 e. The van der Waals surface area contributed by atoms with E-state index in [-0.39, 0.29) is 18.1 Å². The molecule has 3 heterocycles. The Morgan fingerprint density at radius 2 is 1.82 bits per heavy atom. The van der Waals surface area contributed by atoms with Gasteiger partial charge in [0.1, 0.15) is 6.54 Å². The van der Waals surface area contributed by atoms with Crippen LogP contribution in [0.4, 0.5) is 0 Å². The maximum Gasteiger partial charge on any atom is 0.358 e. The molecule has 0 spiro atoms. The Labute approximate surface area is 128 Å². The summed E-state index contributed by atoms with van der Waals surface area (Å²) >= 11 is 0. The van der Waals surface area contributed by atoms with Crippen LogP contribution in [0.15, 0.2) is 6.20 Å². The van der Waals surface area contributed by atoms with Crippen LogP contribution in [0.3, 0.4) is 0 Å². The molecule has 118 valence electrons. The molecule has 4 aliphatic rings. The number of nitrogens with zero attached hydrogens (tertiary/aromatic N) is 4. The molecule has 1 amide bonds. The van der Waals surface area contributed by atoms with Gasteiger partial charge in [-0.2, -0.15) is 0 Å². The molecule has 1 aromatic heterocycles. The molecule has 0 radical (unpaired) electrons. The van der Waals surface area contributed by atoms with Gasteiger partial charge < -0.3 is 10.0 Å². The summed E-state index contributed by atoms with van der Waals surface area (Å²) in [5, 5.41) is 16.2. The molecular formula is C15H20N4O3. The molecule has 4 fully saturated rings. The number of aromatic nitrogens is 3. The highest BCUT2D eigenvalue weighted by Crippen LogP contribution is 2.47. The molecule has 1 aromatic rings. The number of carboxylic acids is 1. The lowest BCUT2D eigenvalue weighted by Gasteiger charge is -2.39. The van der Waals surface area contributed by atoms with Crippen molar-refractivity contribution in [3.63, 3.8) is 0 Å². The summed E-state index contributed by atoms with van der Waals surface area (Å²) in [7, 11) is 0. The number of fused-ring (bicyclic) bond motifs is 1. The van der Waals surface area contributed by atoms with Crippen LogP contribution < -0.4 is 0 Å². The van der Waals surface area contributed by atoms with E-state index in [0.717, 1.165) is 31.2 Å². The van der Waals surface area contributed by atoms with Gasteiger partial charge in [-0.15, -0.1) is 5.10 Å². The third-order valence-electron chi connectivity index (χ3n) is 5.48. The van der Waals surface area contributed by atoms with Crippen molar-refractivity contribution >= 4 is 11.9 Å². The van der Waals surface area contributed by atoms with Gasteiger partial charge in [-0.3, -0.25) is 4.79 Å². The van der Waals surface area contributed by atoms with E-state index in [9.17, 15) is 9.59 Å². The third kappa shape index (κ3) is 2.38. The Morgan fingerprint density at radius 3 is 2.45 bits per heavy atom. The van der Waals surface area contributed by atoms with Crippen molar-refractivity contribution in [1.29, 1.82) is 0 Å². The minimum atomic E-state index is -1.12. The van der Waals surface area contributed by atoms with E-state index in [1.54, 1.807) is 0 Å². The van der Waals surface area contributed by atoms with Crippen LogP contribution in [-0.2, 0) is 11.3 Å². The number of aromatic carboxylic acids is 1. The van der Waals surface area contributed by atoms with Crippen molar-refractivity contribution in [3.8, 4) is 0 Å². The van der Waals surface area contributed by atoms with Crippen molar-refractivity contribution in [2.24, 2.45) is 17.8 Å². The van der Waals surface area contributed by atoms with Crippen LogP contribution in [0.25, 0.3) is 0 Å². The Bertz CT molecular complexity index is 600. The van der Waals surface area contributed by atoms with Crippen LogP contribution in [0, 0.1) is 17.8 Å². The molecule has 2 saturated heterocycles. The summed E-state index contributed by atoms with van der Waals surface area (Å²) in [5.74, 6) is 1.16. The fourth-order valence-corrected chi connectivity index (χ4v) is 4.79. The molecular weight excluding hydrogens is 284 g/mol. The average Bonchev–Trinajstić information content (AvgIpc) is 2.83. The van der Waals surface area contributed by atoms with E-state index < -0.39 is 5.97 Å². The van der Waals surface area contributed by atoms with Gasteiger partial charge in [-0.05, 0) is 49.9 Å². The van der Waals surface area contributed by atoms with Crippen molar-refractivity contribution < 1.29 is 14.7 Å². The topological polar surface area (TPSA) is 88.3 Å². The maximum atomic E-state index is 12.7. The van der Waals surface area contributed by atoms with Crippen LogP contribution in [0.2, 0.25) is 0 Å². The van der Waals surface area contributed by atoms with Crippen molar-refractivity contribution in [3.05, 3.63) is 11.9 Å². The SMILES string of the molecule is O=C(O)c1cn(CC(=O)N2CC3CC4CC(C3)CC2C4)nn1. The van der Waals surface area contributed by atoms with Gasteiger partial charge in [0.2, 0.25) is 5.91 Å². The first kappa shape index (κ1) is 13.7. The lowest BCUT2D eigenvalue weighted by molar-refractivity contribution is -0.135. The summed E-state index contributed by atoms with van der Waals surface area (Å²) in [4.78, 5) is 25.5. The summed E-state index contributed by atoms with van der Waals surface area (Å²) in [5.41, 5.74) is -0.122. The fourth-order valence-electron chi connectivity index (χ4n) is 4.79. The van der Waals surface area contributed by atoms with Gasteiger partial charge in [-0.1, -0.05) is 5.21 Å². The van der Waals surface area contributed by atoms with Crippen LogP contribution in [0.5, 0.6) is 0 Å². The lowest BCUT2D eigenvalue weighted by atomic mass is 9.68. The van der Waals surface area contributed by atoms with E-state index in [4.69, 9.17) is 5.11 Å². The number of carbonyl (C=O) groups excluding carboxylic acids is 1. The molecule has 22 heavy (non-hydrogen) atoms.